The van der Waals surface area contributed by atoms with Crippen molar-refractivity contribution in [2.24, 2.45) is 0 Å². The van der Waals surface area contributed by atoms with E-state index in [9.17, 15) is 0 Å². The zero-order valence-corrected chi connectivity index (χ0v) is 19.8. The third-order valence-electron chi connectivity index (χ3n) is 6.67. The van der Waals surface area contributed by atoms with Crippen LogP contribution in [-0.2, 0) is 0 Å². The Labute approximate surface area is 203 Å². The van der Waals surface area contributed by atoms with E-state index in [1.54, 1.807) is 6.20 Å². The minimum Gasteiger partial charge on any atom is -0.368 e. The minimum atomic E-state index is 0.624. The van der Waals surface area contributed by atoms with E-state index in [1.165, 1.54) is 5.39 Å². The van der Waals surface area contributed by atoms with Crippen LogP contribution in [0.15, 0.2) is 67.3 Å². The number of aromatic amines is 1. The summed E-state index contributed by atoms with van der Waals surface area (Å²) in [6, 6.07) is 14.6. The highest BCUT2D eigenvalue weighted by Crippen LogP contribution is 2.35. The largest absolute Gasteiger partial charge is 0.368 e. The molecule has 1 fully saturated rings. The third kappa shape index (κ3) is 3.77. The fourth-order valence-corrected chi connectivity index (χ4v) is 4.98. The van der Waals surface area contributed by atoms with E-state index in [1.807, 2.05) is 35.1 Å². The molecule has 1 aliphatic rings. The lowest BCUT2D eigenvalue weighted by molar-refractivity contribution is 0.271. The lowest BCUT2D eigenvalue weighted by Crippen LogP contribution is -2.46. The van der Waals surface area contributed by atoms with Crippen LogP contribution in [-0.4, -0.2) is 57.0 Å². The van der Waals surface area contributed by atoms with Crippen molar-refractivity contribution in [2.75, 3.05) is 42.9 Å². The molecule has 1 aliphatic heterocycles. The van der Waals surface area contributed by atoms with Gasteiger partial charge in [0, 0.05) is 55.8 Å². The molecule has 0 spiro atoms. The molecule has 4 aromatic heterocycles. The van der Waals surface area contributed by atoms with Crippen molar-refractivity contribution in [2.45, 2.75) is 6.92 Å². The smallest absolute Gasteiger partial charge is 0.161 e. The predicted octanol–water partition coefficient (Wildman–Crippen LogP) is 5.42. The van der Waals surface area contributed by atoms with Crippen molar-refractivity contribution in [1.29, 1.82) is 0 Å². The number of imidazole rings is 1. The van der Waals surface area contributed by atoms with Gasteiger partial charge in [0.15, 0.2) is 5.65 Å². The van der Waals surface area contributed by atoms with Crippen molar-refractivity contribution in [1.82, 2.24) is 24.3 Å². The number of likely N-dealkylation sites (N-methyl/N-ethyl adjacent to an activating group) is 1. The fourth-order valence-electron chi connectivity index (χ4n) is 4.68. The number of hydrogen-bond acceptors (Lipinski definition) is 5. The molecular weight excluding hydrogens is 446 g/mol. The van der Waals surface area contributed by atoms with Gasteiger partial charge < -0.3 is 20.1 Å². The zero-order chi connectivity index (χ0) is 23.1. The highest BCUT2D eigenvalue weighted by molar-refractivity contribution is 6.32. The van der Waals surface area contributed by atoms with Gasteiger partial charge in [-0.2, -0.15) is 0 Å². The van der Waals surface area contributed by atoms with Gasteiger partial charge in [-0.15, -0.1) is 0 Å². The number of benzene rings is 1. The van der Waals surface area contributed by atoms with E-state index in [2.05, 4.69) is 62.3 Å². The van der Waals surface area contributed by atoms with E-state index in [-0.39, 0.29) is 0 Å². The first kappa shape index (κ1) is 21.0. The Balaban J connectivity index is 1.31. The standard InChI is InChI=1S/C26H26ClN7/c1-2-32-11-13-33(14-12-32)20-5-6-24(30-17-20)31-23-16-21(25(27)34-10-9-29-26(23)34)19-4-3-18-7-8-28-22(18)15-19/h3-10,15-17,28H,2,11-14H2,1H3,(H,30,31). The first-order valence-electron chi connectivity index (χ1n) is 11.6. The van der Waals surface area contributed by atoms with Gasteiger partial charge in [0.2, 0.25) is 0 Å². The molecule has 1 saturated heterocycles. The van der Waals surface area contributed by atoms with Gasteiger partial charge in [0.05, 0.1) is 17.6 Å². The Morgan fingerprint density at radius 1 is 1.03 bits per heavy atom. The van der Waals surface area contributed by atoms with Gasteiger partial charge in [0.1, 0.15) is 11.0 Å². The number of aromatic nitrogens is 4. The Hall–Kier alpha value is -3.55. The molecule has 6 rings (SSSR count). The van der Waals surface area contributed by atoms with Crippen LogP contribution in [0.5, 0.6) is 0 Å². The number of rotatable bonds is 5. The van der Waals surface area contributed by atoms with Gasteiger partial charge in [-0.1, -0.05) is 30.7 Å². The molecule has 0 amide bonds. The second-order valence-corrected chi connectivity index (χ2v) is 8.97. The predicted molar refractivity (Wildman–Crippen MR) is 139 cm³/mol. The van der Waals surface area contributed by atoms with Crippen LogP contribution in [0.4, 0.5) is 17.2 Å². The number of hydrogen-bond donors (Lipinski definition) is 2. The van der Waals surface area contributed by atoms with Crippen molar-refractivity contribution < 1.29 is 0 Å². The topological polar surface area (TPSA) is 64.5 Å². The van der Waals surface area contributed by atoms with Crippen LogP contribution in [0, 0.1) is 0 Å². The highest BCUT2D eigenvalue weighted by Gasteiger charge is 2.17. The molecule has 5 aromatic rings. The summed E-state index contributed by atoms with van der Waals surface area (Å²) < 4.78 is 1.90. The molecule has 34 heavy (non-hydrogen) atoms. The van der Waals surface area contributed by atoms with Gasteiger partial charge in [0.25, 0.3) is 0 Å². The summed E-state index contributed by atoms with van der Waals surface area (Å²) in [4.78, 5) is 17.4. The number of fused-ring (bicyclic) bond motifs is 2. The molecule has 0 aliphatic carbocycles. The summed E-state index contributed by atoms with van der Waals surface area (Å²) in [5.41, 5.74) is 5.81. The zero-order valence-electron chi connectivity index (χ0n) is 19.0. The SMILES string of the molecule is CCN1CCN(c2ccc(Nc3cc(-c4ccc5cc[nH]c5c4)c(Cl)n4ccnc34)nc2)CC1. The van der Waals surface area contributed by atoms with Crippen molar-refractivity contribution in [3.63, 3.8) is 0 Å². The molecule has 5 heterocycles. The quantitative estimate of drug-likeness (QED) is 0.335. The Morgan fingerprint density at radius 3 is 2.71 bits per heavy atom. The first-order chi connectivity index (χ1) is 16.7. The summed E-state index contributed by atoms with van der Waals surface area (Å²) >= 11 is 6.81. The van der Waals surface area contributed by atoms with Crippen LogP contribution in [0.1, 0.15) is 6.92 Å². The Kier molecular flexibility index (Phi) is 5.36. The van der Waals surface area contributed by atoms with Crippen LogP contribution < -0.4 is 10.2 Å². The summed E-state index contributed by atoms with van der Waals surface area (Å²) in [7, 11) is 0. The summed E-state index contributed by atoms with van der Waals surface area (Å²) in [5.74, 6) is 0.772. The maximum absolute atomic E-state index is 6.81. The molecule has 2 N–H and O–H groups in total. The minimum absolute atomic E-state index is 0.624. The number of nitrogens with zero attached hydrogens (tertiary/aromatic N) is 5. The van der Waals surface area contributed by atoms with Gasteiger partial charge in [-0.25, -0.2) is 9.97 Å². The lowest BCUT2D eigenvalue weighted by Gasteiger charge is -2.35. The molecule has 0 saturated carbocycles. The van der Waals surface area contributed by atoms with E-state index in [0.29, 0.717) is 5.15 Å². The number of nitrogens with one attached hydrogen (secondary N) is 2. The van der Waals surface area contributed by atoms with Crippen molar-refractivity contribution in [3.05, 3.63) is 72.4 Å². The number of halogens is 1. The summed E-state index contributed by atoms with van der Waals surface area (Å²) in [6.45, 7) is 7.58. The van der Waals surface area contributed by atoms with Gasteiger partial charge >= 0.3 is 0 Å². The van der Waals surface area contributed by atoms with Gasteiger partial charge in [-0.3, -0.25) is 4.40 Å². The van der Waals surface area contributed by atoms with Crippen LogP contribution in [0.2, 0.25) is 5.15 Å². The molecule has 0 radical (unpaired) electrons. The van der Waals surface area contributed by atoms with E-state index >= 15 is 0 Å². The lowest BCUT2D eigenvalue weighted by atomic mass is 10.1. The number of piperazine rings is 1. The van der Waals surface area contributed by atoms with Crippen LogP contribution in [0.25, 0.3) is 27.7 Å². The fraction of sp³-hybridized carbons (Fsp3) is 0.231. The molecule has 1 aromatic carbocycles. The Morgan fingerprint density at radius 2 is 1.91 bits per heavy atom. The molecule has 8 heteroatoms. The normalized spacial score (nSPS) is 14.8. The second kappa shape index (κ2) is 8.66. The number of anilines is 3. The van der Waals surface area contributed by atoms with Crippen molar-refractivity contribution in [3.8, 4) is 11.1 Å². The first-order valence-corrected chi connectivity index (χ1v) is 12.0. The number of pyridine rings is 2. The monoisotopic (exact) mass is 471 g/mol. The van der Waals surface area contributed by atoms with Crippen LogP contribution >= 0.6 is 11.6 Å². The highest BCUT2D eigenvalue weighted by atomic mass is 35.5. The van der Waals surface area contributed by atoms with E-state index in [0.717, 1.165) is 72.2 Å². The second-order valence-electron chi connectivity index (χ2n) is 8.61. The third-order valence-corrected chi connectivity index (χ3v) is 7.05. The molecule has 0 unspecified atom stereocenters. The molecular formula is C26H26ClN7. The maximum Gasteiger partial charge on any atom is 0.161 e. The van der Waals surface area contributed by atoms with Crippen molar-refractivity contribution >= 4 is 45.3 Å². The Bertz CT molecular complexity index is 1450. The maximum atomic E-state index is 6.81. The average Bonchev–Trinajstić information content (AvgIpc) is 3.56. The summed E-state index contributed by atoms with van der Waals surface area (Å²) in [6.07, 6.45) is 7.53. The number of H-pyrrole nitrogens is 1. The van der Waals surface area contributed by atoms with E-state index < -0.39 is 0 Å². The molecule has 0 bridgehead atoms. The van der Waals surface area contributed by atoms with Crippen LogP contribution in [0.3, 0.4) is 0 Å². The van der Waals surface area contributed by atoms with Gasteiger partial charge in [-0.05, 0) is 47.8 Å². The molecule has 7 nitrogen and oxygen atoms in total. The molecule has 172 valence electrons. The summed E-state index contributed by atoms with van der Waals surface area (Å²) in [5, 5.41) is 5.25. The molecule has 0 atom stereocenters. The average molecular weight is 472 g/mol. The van der Waals surface area contributed by atoms with E-state index in [4.69, 9.17) is 16.6 Å².